The van der Waals surface area contributed by atoms with Crippen LogP contribution in [0.2, 0.25) is 0 Å². The first-order chi connectivity index (χ1) is 4.92. The molecule has 0 heterocycles. The van der Waals surface area contributed by atoms with E-state index in [1.54, 1.807) is 0 Å². The Morgan fingerprint density at radius 2 is 2.09 bits per heavy atom. The fraction of sp³-hybridized carbons (Fsp3) is 0.857. The van der Waals surface area contributed by atoms with Crippen molar-refractivity contribution in [1.82, 2.24) is 0 Å². The van der Waals surface area contributed by atoms with E-state index in [1.165, 1.54) is 0 Å². The number of hydrogen-bond donors (Lipinski definition) is 3. The Morgan fingerprint density at radius 1 is 1.64 bits per heavy atom. The maximum atomic E-state index is 10.5. The zero-order valence-electron chi connectivity index (χ0n) is 6.50. The second kappa shape index (κ2) is 2.19. The van der Waals surface area contributed by atoms with Gasteiger partial charge in [0.15, 0.2) is 0 Å². The monoisotopic (exact) mass is 159 g/mol. The van der Waals surface area contributed by atoms with Crippen LogP contribution in [0.25, 0.3) is 0 Å². The molecule has 4 heteroatoms. The summed E-state index contributed by atoms with van der Waals surface area (Å²) in [7, 11) is 0. The summed E-state index contributed by atoms with van der Waals surface area (Å²) in [6.45, 7) is 1.85. The second-order valence-electron chi connectivity index (χ2n) is 3.78. The Labute approximate surface area is 65.0 Å². The second-order valence-corrected chi connectivity index (χ2v) is 3.78. The van der Waals surface area contributed by atoms with E-state index in [0.29, 0.717) is 12.8 Å². The summed E-state index contributed by atoms with van der Waals surface area (Å²) in [4.78, 5) is 10.5. The maximum Gasteiger partial charge on any atom is 0.323 e. The fourth-order valence-corrected chi connectivity index (χ4v) is 1.73. The van der Waals surface area contributed by atoms with Crippen LogP contribution in [0.1, 0.15) is 19.8 Å². The molecule has 0 radical (unpaired) electrons. The molecule has 11 heavy (non-hydrogen) atoms. The molecule has 1 aliphatic rings. The van der Waals surface area contributed by atoms with Gasteiger partial charge in [0, 0.05) is 6.61 Å². The van der Waals surface area contributed by atoms with Crippen LogP contribution in [-0.4, -0.2) is 28.3 Å². The highest BCUT2D eigenvalue weighted by Crippen LogP contribution is 2.46. The smallest absolute Gasteiger partial charge is 0.323 e. The number of nitrogens with two attached hydrogens (primary N) is 1. The van der Waals surface area contributed by atoms with Gasteiger partial charge < -0.3 is 15.9 Å². The van der Waals surface area contributed by atoms with Crippen molar-refractivity contribution in [2.75, 3.05) is 6.61 Å². The Morgan fingerprint density at radius 3 is 2.36 bits per heavy atom. The van der Waals surface area contributed by atoms with Crippen LogP contribution < -0.4 is 5.73 Å². The molecule has 0 atom stereocenters. The van der Waals surface area contributed by atoms with Crippen molar-refractivity contribution in [3.05, 3.63) is 0 Å². The van der Waals surface area contributed by atoms with E-state index in [-0.39, 0.29) is 12.0 Å². The van der Waals surface area contributed by atoms with Gasteiger partial charge in [-0.25, -0.2) is 0 Å². The maximum absolute atomic E-state index is 10.5. The topological polar surface area (TPSA) is 83.5 Å². The van der Waals surface area contributed by atoms with Gasteiger partial charge in [0.25, 0.3) is 0 Å². The number of aliphatic hydroxyl groups excluding tert-OH is 1. The van der Waals surface area contributed by atoms with Crippen molar-refractivity contribution in [1.29, 1.82) is 0 Å². The minimum Gasteiger partial charge on any atom is -0.480 e. The number of carboxylic acids is 1. The average molecular weight is 159 g/mol. The lowest BCUT2D eigenvalue weighted by molar-refractivity contribution is -0.154. The van der Waals surface area contributed by atoms with Crippen molar-refractivity contribution < 1.29 is 15.0 Å². The van der Waals surface area contributed by atoms with Gasteiger partial charge in [-0.3, -0.25) is 4.79 Å². The van der Waals surface area contributed by atoms with Gasteiger partial charge in [0.1, 0.15) is 5.54 Å². The first kappa shape index (κ1) is 8.49. The molecule has 1 rings (SSSR count). The summed E-state index contributed by atoms with van der Waals surface area (Å²) in [6, 6.07) is 0. The molecule has 1 fully saturated rings. The number of aliphatic carboxylic acids is 1. The van der Waals surface area contributed by atoms with E-state index in [0.717, 1.165) is 0 Å². The quantitative estimate of drug-likeness (QED) is 0.510. The third-order valence-electron chi connectivity index (χ3n) is 2.29. The van der Waals surface area contributed by atoms with E-state index < -0.39 is 11.5 Å². The highest BCUT2D eigenvalue weighted by Gasteiger charge is 2.54. The van der Waals surface area contributed by atoms with Crippen LogP contribution >= 0.6 is 0 Å². The zero-order chi connectivity index (χ0) is 8.70. The van der Waals surface area contributed by atoms with Crippen molar-refractivity contribution in [3.63, 3.8) is 0 Å². The lowest BCUT2D eigenvalue weighted by Gasteiger charge is -2.48. The number of carbonyl (C=O) groups is 1. The Bertz CT molecular complexity index is 184. The Kier molecular flexibility index (Phi) is 1.69. The largest absolute Gasteiger partial charge is 0.480 e. The summed E-state index contributed by atoms with van der Waals surface area (Å²) in [5.41, 5.74) is 4.13. The molecule has 0 bridgehead atoms. The van der Waals surface area contributed by atoms with E-state index in [1.807, 2.05) is 6.92 Å². The minimum atomic E-state index is -1.09. The number of carboxylic acid groups (broad SMARTS) is 1. The van der Waals surface area contributed by atoms with Crippen LogP contribution in [0.4, 0.5) is 0 Å². The van der Waals surface area contributed by atoms with Gasteiger partial charge in [0.05, 0.1) is 0 Å². The molecular weight excluding hydrogens is 146 g/mol. The van der Waals surface area contributed by atoms with Crippen molar-refractivity contribution in [3.8, 4) is 0 Å². The molecule has 0 saturated heterocycles. The Hall–Kier alpha value is -0.610. The summed E-state index contributed by atoms with van der Waals surface area (Å²) < 4.78 is 0. The summed E-state index contributed by atoms with van der Waals surface area (Å²) in [5, 5.41) is 17.4. The zero-order valence-corrected chi connectivity index (χ0v) is 6.50. The van der Waals surface area contributed by atoms with Gasteiger partial charge in [-0.2, -0.15) is 0 Å². The highest BCUT2D eigenvalue weighted by atomic mass is 16.4. The highest BCUT2D eigenvalue weighted by molar-refractivity contribution is 5.80. The summed E-state index contributed by atoms with van der Waals surface area (Å²) in [6.07, 6.45) is 0.734. The van der Waals surface area contributed by atoms with Crippen LogP contribution in [-0.2, 0) is 4.79 Å². The molecule has 4 N–H and O–H groups in total. The van der Waals surface area contributed by atoms with Crippen molar-refractivity contribution >= 4 is 5.97 Å². The predicted octanol–water partition coefficient (Wildman–Crippen LogP) is -0.439. The molecule has 0 aliphatic heterocycles. The average Bonchev–Trinajstić information content (AvgIpc) is 1.84. The van der Waals surface area contributed by atoms with Gasteiger partial charge in [-0.05, 0) is 18.3 Å². The van der Waals surface area contributed by atoms with E-state index >= 15 is 0 Å². The molecule has 4 nitrogen and oxygen atoms in total. The normalized spacial score (nSPS) is 43.2. The van der Waals surface area contributed by atoms with Crippen LogP contribution in [0.15, 0.2) is 0 Å². The SMILES string of the molecule is CC1(CO)CC(N)(C(=O)O)C1. The lowest BCUT2D eigenvalue weighted by Crippen LogP contribution is -2.63. The van der Waals surface area contributed by atoms with Gasteiger partial charge in [-0.15, -0.1) is 0 Å². The molecule has 64 valence electrons. The first-order valence-corrected chi connectivity index (χ1v) is 3.55. The third-order valence-corrected chi connectivity index (χ3v) is 2.29. The number of hydrogen-bond acceptors (Lipinski definition) is 3. The standard InChI is InChI=1S/C7H13NO3/c1-6(4-9)2-7(8,3-6)5(10)11/h9H,2-4,8H2,1H3,(H,10,11). The molecule has 1 aliphatic carbocycles. The van der Waals surface area contributed by atoms with Crippen LogP contribution in [0.3, 0.4) is 0 Å². The summed E-state index contributed by atoms with van der Waals surface area (Å²) >= 11 is 0. The third kappa shape index (κ3) is 1.23. The van der Waals surface area contributed by atoms with E-state index in [4.69, 9.17) is 15.9 Å². The van der Waals surface area contributed by atoms with Crippen LogP contribution in [0.5, 0.6) is 0 Å². The molecule has 0 spiro atoms. The molecule has 0 aromatic heterocycles. The van der Waals surface area contributed by atoms with Crippen molar-refractivity contribution in [2.45, 2.75) is 25.3 Å². The molecular formula is C7H13NO3. The van der Waals surface area contributed by atoms with E-state index in [9.17, 15) is 4.79 Å². The molecule has 0 aromatic rings. The van der Waals surface area contributed by atoms with Gasteiger partial charge >= 0.3 is 5.97 Å². The molecule has 0 aromatic carbocycles. The van der Waals surface area contributed by atoms with Crippen molar-refractivity contribution in [2.24, 2.45) is 11.1 Å². The predicted molar refractivity (Wildman–Crippen MR) is 39.0 cm³/mol. The van der Waals surface area contributed by atoms with Gasteiger partial charge in [-0.1, -0.05) is 6.92 Å². The molecule has 0 unspecified atom stereocenters. The minimum absolute atomic E-state index is 0.0131. The number of rotatable bonds is 2. The molecule has 1 saturated carbocycles. The van der Waals surface area contributed by atoms with E-state index in [2.05, 4.69) is 0 Å². The van der Waals surface area contributed by atoms with Crippen LogP contribution in [0, 0.1) is 5.41 Å². The van der Waals surface area contributed by atoms with Gasteiger partial charge in [0.2, 0.25) is 0 Å². The number of aliphatic hydroxyl groups is 1. The summed E-state index contributed by atoms with van der Waals surface area (Å²) in [5.74, 6) is -0.969. The lowest BCUT2D eigenvalue weighted by atomic mass is 9.59. The Balaban J connectivity index is 2.56. The molecule has 0 amide bonds. The fourth-order valence-electron chi connectivity index (χ4n) is 1.73. The first-order valence-electron chi connectivity index (χ1n) is 3.55.